The summed E-state index contributed by atoms with van der Waals surface area (Å²) in [6.07, 6.45) is 7.82. The molecule has 0 amide bonds. The maximum Gasteiger partial charge on any atom is 0.0991 e. The number of fused-ring (bicyclic) bond motifs is 4. The Morgan fingerprint density at radius 2 is 1.03 bits per heavy atom. The predicted octanol–water partition coefficient (Wildman–Crippen LogP) is 7.24. The molecule has 5 nitrogen and oxygen atoms in total. The van der Waals surface area contributed by atoms with Crippen LogP contribution in [0.3, 0.4) is 0 Å². The van der Waals surface area contributed by atoms with Crippen LogP contribution in [-0.4, -0.2) is 53.7 Å². The molecule has 2 aliphatic heterocycles. The Balaban J connectivity index is 1.27. The van der Waals surface area contributed by atoms with Crippen LogP contribution in [0, 0.1) is 0 Å². The van der Waals surface area contributed by atoms with Gasteiger partial charge in [-0.1, -0.05) is 47.8 Å². The van der Waals surface area contributed by atoms with Gasteiger partial charge in [-0.05, 0) is 50.2 Å². The highest BCUT2D eigenvalue weighted by atomic mass is 32.2. The van der Waals surface area contributed by atoms with E-state index >= 15 is 0 Å². The first kappa shape index (κ1) is 24.3. The number of nitrogens with zero attached hydrogens (tertiary/aromatic N) is 5. The van der Waals surface area contributed by atoms with Gasteiger partial charge in [0.15, 0.2) is 0 Å². The third-order valence-electron chi connectivity index (χ3n) is 7.13. The molecule has 0 saturated heterocycles. The van der Waals surface area contributed by atoms with Crippen LogP contribution >= 0.6 is 23.5 Å². The number of benzene rings is 2. The number of aromatic nitrogens is 2. The zero-order valence-electron chi connectivity index (χ0n) is 21.7. The summed E-state index contributed by atoms with van der Waals surface area (Å²) in [6, 6.07) is 22.3. The molecule has 37 heavy (non-hydrogen) atoms. The SMILES string of the molecule is CC(C[N+](C)(C)CC(C)N1c2ccccc2Sc2ccncc21)N1c2ccccc2Sc2ccncc21. The van der Waals surface area contributed by atoms with Crippen molar-refractivity contribution < 1.29 is 4.48 Å². The summed E-state index contributed by atoms with van der Waals surface area (Å²) >= 11 is 3.67. The number of rotatable bonds is 6. The molecule has 0 spiro atoms. The van der Waals surface area contributed by atoms with Crippen molar-refractivity contribution >= 4 is 46.3 Å². The molecule has 4 heterocycles. The minimum atomic E-state index is 0.297. The summed E-state index contributed by atoms with van der Waals surface area (Å²) in [5, 5.41) is 0. The second kappa shape index (κ2) is 9.71. The predicted molar refractivity (Wildman–Crippen MR) is 155 cm³/mol. The molecule has 0 saturated carbocycles. The number of pyridine rings is 2. The van der Waals surface area contributed by atoms with E-state index in [9.17, 15) is 0 Å². The van der Waals surface area contributed by atoms with Gasteiger partial charge in [0.2, 0.25) is 0 Å². The second-order valence-electron chi connectivity index (χ2n) is 10.6. The number of para-hydroxylation sites is 2. The summed E-state index contributed by atoms with van der Waals surface area (Å²) in [5.41, 5.74) is 4.95. The lowest BCUT2D eigenvalue weighted by atomic mass is 10.1. The molecule has 0 fully saturated rings. The molecule has 6 rings (SSSR count). The average molecular weight is 527 g/mol. The molecule has 2 aromatic heterocycles. The Morgan fingerprint density at radius 3 is 1.49 bits per heavy atom. The summed E-state index contributed by atoms with van der Waals surface area (Å²) in [6.45, 7) is 6.70. The third-order valence-corrected chi connectivity index (χ3v) is 9.39. The Kier molecular flexibility index (Phi) is 6.39. The van der Waals surface area contributed by atoms with Gasteiger partial charge >= 0.3 is 0 Å². The van der Waals surface area contributed by atoms with Crippen LogP contribution < -0.4 is 9.80 Å². The van der Waals surface area contributed by atoms with Gasteiger partial charge in [-0.15, -0.1) is 0 Å². The van der Waals surface area contributed by atoms with Crippen molar-refractivity contribution in [3.8, 4) is 0 Å². The Hall–Kier alpha value is -3.00. The van der Waals surface area contributed by atoms with Gasteiger partial charge in [0.25, 0.3) is 0 Å². The van der Waals surface area contributed by atoms with Gasteiger partial charge in [0.05, 0.1) is 74.4 Å². The first-order valence-electron chi connectivity index (χ1n) is 12.7. The highest BCUT2D eigenvalue weighted by Gasteiger charge is 2.34. The van der Waals surface area contributed by atoms with Gasteiger partial charge < -0.3 is 14.3 Å². The zero-order valence-corrected chi connectivity index (χ0v) is 23.3. The van der Waals surface area contributed by atoms with E-state index in [1.165, 1.54) is 42.3 Å². The highest BCUT2D eigenvalue weighted by Crippen LogP contribution is 2.50. The van der Waals surface area contributed by atoms with E-state index in [2.05, 4.69) is 108 Å². The van der Waals surface area contributed by atoms with Gasteiger partial charge in [0, 0.05) is 32.0 Å². The summed E-state index contributed by atoms with van der Waals surface area (Å²) in [4.78, 5) is 19.1. The number of quaternary nitrogens is 1. The van der Waals surface area contributed by atoms with Crippen molar-refractivity contribution in [2.24, 2.45) is 0 Å². The zero-order chi connectivity index (χ0) is 25.6. The summed E-state index contributed by atoms with van der Waals surface area (Å²) in [7, 11) is 4.72. The lowest BCUT2D eigenvalue weighted by Crippen LogP contribution is -2.54. The first-order valence-corrected chi connectivity index (χ1v) is 14.4. The quantitative estimate of drug-likeness (QED) is 0.246. The average Bonchev–Trinajstić information content (AvgIpc) is 2.89. The van der Waals surface area contributed by atoms with E-state index in [1.807, 2.05) is 48.3 Å². The summed E-state index contributed by atoms with van der Waals surface area (Å²) < 4.78 is 0.894. The molecule has 2 aromatic carbocycles. The van der Waals surface area contributed by atoms with Crippen molar-refractivity contribution in [2.45, 2.75) is 45.5 Å². The van der Waals surface area contributed by atoms with E-state index < -0.39 is 0 Å². The Morgan fingerprint density at radius 1 is 0.622 bits per heavy atom. The molecule has 0 N–H and O–H groups in total. The molecular weight excluding hydrogens is 494 g/mol. The van der Waals surface area contributed by atoms with E-state index in [0.29, 0.717) is 12.1 Å². The smallest absolute Gasteiger partial charge is 0.0991 e. The van der Waals surface area contributed by atoms with Crippen LogP contribution in [0.4, 0.5) is 22.7 Å². The van der Waals surface area contributed by atoms with Crippen LogP contribution in [0.5, 0.6) is 0 Å². The lowest BCUT2D eigenvalue weighted by molar-refractivity contribution is -0.891. The molecule has 2 atom stereocenters. The normalized spacial score (nSPS) is 15.8. The Labute approximate surface area is 228 Å². The van der Waals surface area contributed by atoms with Crippen LogP contribution in [0.25, 0.3) is 0 Å². The van der Waals surface area contributed by atoms with Crippen molar-refractivity contribution in [1.29, 1.82) is 0 Å². The maximum atomic E-state index is 4.48. The van der Waals surface area contributed by atoms with Crippen molar-refractivity contribution in [3.63, 3.8) is 0 Å². The fraction of sp³-hybridized carbons (Fsp3) is 0.267. The van der Waals surface area contributed by atoms with Gasteiger partial charge in [-0.3, -0.25) is 9.97 Å². The molecule has 0 aliphatic carbocycles. The third kappa shape index (κ3) is 4.60. The number of anilines is 4. The fourth-order valence-corrected chi connectivity index (χ4v) is 7.96. The van der Waals surface area contributed by atoms with Crippen LogP contribution in [0.2, 0.25) is 0 Å². The Bertz CT molecular complexity index is 1240. The molecule has 2 unspecified atom stereocenters. The van der Waals surface area contributed by atoms with E-state index in [0.717, 1.165) is 17.6 Å². The molecule has 7 heteroatoms. The second-order valence-corrected chi connectivity index (χ2v) is 12.7. The molecule has 0 bridgehead atoms. The lowest BCUT2D eigenvalue weighted by Gasteiger charge is -2.44. The van der Waals surface area contributed by atoms with Crippen LogP contribution in [0.15, 0.2) is 105 Å². The van der Waals surface area contributed by atoms with Crippen LogP contribution in [0.1, 0.15) is 13.8 Å². The monoisotopic (exact) mass is 526 g/mol. The van der Waals surface area contributed by atoms with Crippen LogP contribution in [-0.2, 0) is 0 Å². The van der Waals surface area contributed by atoms with E-state index in [-0.39, 0.29) is 0 Å². The minimum absolute atomic E-state index is 0.297. The number of hydrogen-bond donors (Lipinski definition) is 0. The van der Waals surface area contributed by atoms with Crippen molar-refractivity contribution in [2.75, 3.05) is 37.0 Å². The van der Waals surface area contributed by atoms with Gasteiger partial charge in [-0.25, -0.2) is 0 Å². The molecule has 2 aliphatic rings. The first-order chi connectivity index (χ1) is 17.9. The summed E-state index contributed by atoms with van der Waals surface area (Å²) in [5.74, 6) is 0. The molecule has 0 radical (unpaired) electrons. The maximum absolute atomic E-state index is 4.48. The van der Waals surface area contributed by atoms with E-state index in [1.54, 1.807) is 0 Å². The molecule has 188 valence electrons. The fourth-order valence-electron chi connectivity index (χ4n) is 5.88. The van der Waals surface area contributed by atoms with Gasteiger partial charge in [-0.2, -0.15) is 0 Å². The van der Waals surface area contributed by atoms with E-state index in [4.69, 9.17) is 0 Å². The molecular formula is C30H32N5S2+. The molecule has 4 aromatic rings. The highest BCUT2D eigenvalue weighted by molar-refractivity contribution is 8.00. The number of likely N-dealkylation sites (N-methyl/N-ethyl adjacent to an activating group) is 1. The van der Waals surface area contributed by atoms with Gasteiger partial charge in [0.1, 0.15) is 0 Å². The standard InChI is InChI=1S/C30H32N5S2/c1-21(33-23-9-5-7-11-27(23)36-29-13-15-31-17-25(29)33)19-35(3,4)20-22(2)34-24-10-6-8-12-28(24)37-30-14-16-32-18-26(30)34/h5-18,21-22H,19-20H2,1-4H3/q+1. The largest absolute Gasteiger partial charge is 0.330 e. The number of hydrogen-bond acceptors (Lipinski definition) is 6. The van der Waals surface area contributed by atoms with Crippen molar-refractivity contribution in [1.82, 2.24) is 9.97 Å². The topological polar surface area (TPSA) is 32.3 Å². The van der Waals surface area contributed by atoms with Crippen molar-refractivity contribution in [3.05, 3.63) is 85.5 Å². The minimum Gasteiger partial charge on any atom is -0.330 e.